The number of benzene rings is 2. The van der Waals surface area contributed by atoms with E-state index >= 15 is 0 Å². The van der Waals surface area contributed by atoms with Crippen molar-refractivity contribution in [3.63, 3.8) is 0 Å². The topological polar surface area (TPSA) is 73.4 Å². The molecule has 2 aromatic carbocycles. The van der Waals surface area contributed by atoms with Gasteiger partial charge in [0.25, 0.3) is 0 Å². The molecule has 2 aromatic rings. The van der Waals surface area contributed by atoms with Crippen LogP contribution in [0.2, 0.25) is 5.02 Å². The second kappa shape index (κ2) is 7.98. The highest BCUT2D eigenvalue weighted by molar-refractivity contribution is 6.30. The zero-order chi connectivity index (χ0) is 21.4. The van der Waals surface area contributed by atoms with Crippen LogP contribution < -0.4 is 5.73 Å². The van der Waals surface area contributed by atoms with Crippen molar-refractivity contribution in [2.45, 2.75) is 24.7 Å². The maximum absolute atomic E-state index is 13.5. The Kier molecular flexibility index (Phi) is 5.38. The number of nitrogens with two attached hydrogens (primary N) is 1. The van der Waals surface area contributed by atoms with Crippen LogP contribution in [0.1, 0.15) is 35.8 Å². The minimum absolute atomic E-state index is 0.0437. The lowest BCUT2D eigenvalue weighted by molar-refractivity contribution is -0.117. The van der Waals surface area contributed by atoms with E-state index in [9.17, 15) is 10.1 Å². The van der Waals surface area contributed by atoms with Crippen molar-refractivity contribution in [1.82, 2.24) is 10.0 Å². The molecule has 0 saturated heterocycles. The first-order valence-corrected chi connectivity index (χ1v) is 10.2. The molecule has 0 bridgehead atoms. The molecule has 0 amide bonds. The summed E-state index contributed by atoms with van der Waals surface area (Å²) in [5, 5.41) is 14.2. The van der Waals surface area contributed by atoms with Crippen molar-refractivity contribution in [2.24, 2.45) is 5.73 Å². The summed E-state index contributed by atoms with van der Waals surface area (Å²) in [7, 11) is 3.73. The zero-order valence-electron chi connectivity index (χ0n) is 17.0. The Bertz CT molecular complexity index is 1100. The highest BCUT2D eigenvalue weighted by Crippen LogP contribution is 2.48. The van der Waals surface area contributed by atoms with Gasteiger partial charge in [-0.1, -0.05) is 54.1 Å². The van der Waals surface area contributed by atoms with E-state index in [1.807, 2.05) is 60.5 Å². The quantitative estimate of drug-likeness (QED) is 0.803. The molecule has 0 radical (unpaired) electrons. The van der Waals surface area contributed by atoms with Gasteiger partial charge in [0.05, 0.1) is 17.6 Å². The van der Waals surface area contributed by atoms with E-state index < -0.39 is 5.92 Å². The first-order chi connectivity index (χ1) is 14.4. The predicted octanol–water partition coefficient (Wildman–Crippen LogP) is 4.31. The molecule has 0 unspecified atom stereocenters. The average Bonchev–Trinajstić information content (AvgIpc) is 2.73. The molecular formula is C24H23ClN4O. The fourth-order valence-corrected chi connectivity index (χ4v) is 4.75. The molecular weight excluding hydrogens is 396 g/mol. The van der Waals surface area contributed by atoms with Crippen molar-refractivity contribution >= 4 is 17.4 Å². The Balaban J connectivity index is 1.90. The average molecular weight is 419 g/mol. The summed E-state index contributed by atoms with van der Waals surface area (Å²) in [6.45, 7) is 0. The van der Waals surface area contributed by atoms with E-state index in [4.69, 9.17) is 17.3 Å². The molecule has 0 spiro atoms. The third-order valence-electron chi connectivity index (χ3n) is 5.79. The van der Waals surface area contributed by atoms with E-state index in [0.717, 1.165) is 16.8 Å². The third kappa shape index (κ3) is 3.39. The summed E-state index contributed by atoms with van der Waals surface area (Å²) in [5.74, 6) is -0.0459. The van der Waals surface area contributed by atoms with Gasteiger partial charge in [-0.25, -0.2) is 5.01 Å². The van der Waals surface area contributed by atoms with Gasteiger partial charge < -0.3 is 5.73 Å². The smallest absolute Gasteiger partial charge is 0.162 e. The van der Waals surface area contributed by atoms with E-state index in [2.05, 4.69) is 18.2 Å². The third-order valence-corrected chi connectivity index (χ3v) is 6.03. The molecule has 30 heavy (non-hydrogen) atoms. The lowest BCUT2D eigenvalue weighted by Gasteiger charge is -2.43. The summed E-state index contributed by atoms with van der Waals surface area (Å²) < 4.78 is 0. The van der Waals surface area contributed by atoms with Crippen molar-refractivity contribution < 1.29 is 4.79 Å². The SMILES string of the molecule is CN(C)N1C(N)=C(C#N)[C@@H](c2cccc(Cl)c2)C2=C1C[C@H](c1ccccc1)CC2=O. The number of nitriles is 1. The van der Waals surface area contributed by atoms with Crippen LogP contribution in [-0.2, 0) is 4.79 Å². The van der Waals surface area contributed by atoms with Gasteiger partial charge in [-0.05, 0) is 35.6 Å². The van der Waals surface area contributed by atoms with Crippen LogP contribution in [0, 0.1) is 11.3 Å². The van der Waals surface area contributed by atoms with Gasteiger partial charge in [0.1, 0.15) is 5.82 Å². The summed E-state index contributed by atoms with van der Waals surface area (Å²) in [5.41, 5.74) is 10.3. The Labute approximate surface area is 181 Å². The van der Waals surface area contributed by atoms with Crippen LogP contribution in [0.15, 0.2) is 77.3 Å². The van der Waals surface area contributed by atoms with Crippen molar-refractivity contribution in [3.05, 3.63) is 93.4 Å². The van der Waals surface area contributed by atoms with Crippen LogP contribution in [0.25, 0.3) is 0 Å². The van der Waals surface area contributed by atoms with Gasteiger partial charge in [-0.15, -0.1) is 0 Å². The van der Waals surface area contributed by atoms with Crippen LogP contribution >= 0.6 is 11.6 Å². The molecule has 0 fully saturated rings. The van der Waals surface area contributed by atoms with Gasteiger partial charge >= 0.3 is 0 Å². The molecule has 0 aromatic heterocycles. The van der Waals surface area contributed by atoms with Crippen LogP contribution in [0.5, 0.6) is 0 Å². The maximum Gasteiger partial charge on any atom is 0.162 e. The number of hydrogen-bond donors (Lipinski definition) is 1. The number of hydrazine groups is 1. The molecule has 6 heteroatoms. The second-order valence-corrected chi connectivity index (χ2v) is 8.29. The van der Waals surface area contributed by atoms with E-state index in [0.29, 0.717) is 34.8 Å². The molecule has 0 saturated carbocycles. The number of carbonyl (C=O) groups is 1. The van der Waals surface area contributed by atoms with Gasteiger partial charge in [0.15, 0.2) is 5.78 Å². The first kappa shape index (κ1) is 20.2. The number of Topliss-reactive ketones (excluding diaryl/α,β-unsaturated/α-hetero) is 1. The molecule has 1 aliphatic carbocycles. The van der Waals surface area contributed by atoms with Crippen LogP contribution in [0.3, 0.4) is 0 Å². The van der Waals surface area contributed by atoms with E-state index in [1.165, 1.54) is 0 Å². The number of allylic oxidation sites excluding steroid dienone is 3. The highest BCUT2D eigenvalue weighted by atomic mass is 35.5. The van der Waals surface area contributed by atoms with Gasteiger partial charge in [0, 0.05) is 36.8 Å². The highest BCUT2D eigenvalue weighted by Gasteiger charge is 2.43. The molecule has 1 aliphatic heterocycles. The number of carbonyl (C=O) groups excluding carboxylic acids is 1. The number of rotatable bonds is 3. The van der Waals surface area contributed by atoms with Crippen molar-refractivity contribution in [3.8, 4) is 6.07 Å². The molecule has 2 atom stereocenters. The zero-order valence-corrected chi connectivity index (χ0v) is 17.7. The van der Waals surface area contributed by atoms with Crippen molar-refractivity contribution in [2.75, 3.05) is 14.1 Å². The molecule has 1 heterocycles. The predicted molar refractivity (Wildman–Crippen MR) is 117 cm³/mol. The fourth-order valence-electron chi connectivity index (χ4n) is 4.55. The molecule has 2 aliphatic rings. The lowest BCUT2D eigenvalue weighted by Crippen LogP contribution is -2.46. The Morgan fingerprint density at radius 1 is 1.10 bits per heavy atom. The van der Waals surface area contributed by atoms with Gasteiger partial charge in [0.2, 0.25) is 0 Å². The lowest BCUT2D eigenvalue weighted by atomic mass is 9.72. The summed E-state index contributed by atoms with van der Waals surface area (Å²) in [6, 6.07) is 19.6. The Morgan fingerprint density at radius 3 is 2.43 bits per heavy atom. The fraction of sp³-hybridized carbons (Fsp3) is 0.250. The van der Waals surface area contributed by atoms with Gasteiger partial charge in [-0.3, -0.25) is 9.80 Å². The van der Waals surface area contributed by atoms with Gasteiger partial charge in [-0.2, -0.15) is 5.26 Å². The number of ketones is 1. The first-order valence-electron chi connectivity index (χ1n) is 9.86. The Hall–Kier alpha value is -3.07. The number of halogens is 1. The molecule has 2 N–H and O–H groups in total. The van der Waals surface area contributed by atoms with Crippen LogP contribution in [-0.4, -0.2) is 29.9 Å². The number of hydrogen-bond acceptors (Lipinski definition) is 5. The van der Waals surface area contributed by atoms with Crippen LogP contribution in [0.4, 0.5) is 0 Å². The minimum Gasteiger partial charge on any atom is -0.383 e. The van der Waals surface area contributed by atoms with E-state index in [1.54, 1.807) is 6.07 Å². The van der Waals surface area contributed by atoms with E-state index in [-0.39, 0.29) is 11.7 Å². The second-order valence-electron chi connectivity index (χ2n) is 7.86. The Morgan fingerprint density at radius 2 is 1.80 bits per heavy atom. The standard InChI is InChI=1S/C24H23ClN4O/c1-28(2)29-20-12-17(15-7-4-3-5-8-15)13-21(30)23(20)22(19(14-26)24(29)27)16-9-6-10-18(25)11-16/h3-11,17,22H,12-13,27H2,1-2H3/t17-,22+/m0/s1. The van der Waals surface area contributed by atoms with Crippen molar-refractivity contribution in [1.29, 1.82) is 5.26 Å². The molecule has 152 valence electrons. The molecule has 4 rings (SSSR count). The summed E-state index contributed by atoms with van der Waals surface area (Å²) in [4.78, 5) is 13.5. The normalized spacial score (nSPS) is 21.7. The molecule has 5 nitrogen and oxygen atoms in total. The minimum atomic E-state index is -0.510. The number of nitrogens with zero attached hydrogens (tertiary/aromatic N) is 3. The summed E-state index contributed by atoms with van der Waals surface area (Å²) >= 11 is 6.24. The largest absolute Gasteiger partial charge is 0.383 e. The maximum atomic E-state index is 13.5. The summed E-state index contributed by atoms with van der Waals surface area (Å²) in [6.07, 6.45) is 1.07. The monoisotopic (exact) mass is 418 g/mol.